The quantitative estimate of drug-likeness (QED) is 0.660. The second-order valence-electron chi connectivity index (χ2n) is 3.98. The molecule has 1 saturated carbocycles. The molecule has 1 N–H and O–H groups in total. The lowest BCUT2D eigenvalue weighted by Crippen LogP contribution is -2.32. The van der Waals surface area contributed by atoms with Crippen LogP contribution in [0.15, 0.2) is 0 Å². The van der Waals surface area contributed by atoms with Crippen molar-refractivity contribution < 1.29 is 0 Å². The van der Waals surface area contributed by atoms with Gasteiger partial charge in [0.25, 0.3) is 0 Å². The van der Waals surface area contributed by atoms with Gasteiger partial charge in [-0.1, -0.05) is 32.6 Å². The molecule has 1 unspecified atom stereocenters. The number of hydrogen-bond donors (Lipinski definition) is 1. The van der Waals surface area contributed by atoms with Gasteiger partial charge in [-0.05, 0) is 25.8 Å². The Labute approximate surface area is 70.6 Å². The SMILES string of the molecule is CN[C@H](C)C(C)C1CCCC1. The van der Waals surface area contributed by atoms with Crippen molar-refractivity contribution in [1.82, 2.24) is 5.32 Å². The maximum absolute atomic E-state index is 3.34. The second-order valence-corrected chi connectivity index (χ2v) is 3.98. The number of nitrogens with one attached hydrogen (secondary N) is 1. The summed E-state index contributed by atoms with van der Waals surface area (Å²) >= 11 is 0. The van der Waals surface area contributed by atoms with Gasteiger partial charge in [0.05, 0.1) is 0 Å². The fourth-order valence-electron chi connectivity index (χ4n) is 2.15. The Morgan fingerprint density at radius 2 is 1.73 bits per heavy atom. The van der Waals surface area contributed by atoms with Gasteiger partial charge in [0.15, 0.2) is 0 Å². The Morgan fingerprint density at radius 1 is 1.18 bits per heavy atom. The summed E-state index contributed by atoms with van der Waals surface area (Å²) < 4.78 is 0. The molecular formula is C10H21N. The normalized spacial score (nSPS) is 25.4. The van der Waals surface area contributed by atoms with Crippen LogP contribution in [0, 0.1) is 11.8 Å². The summed E-state index contributed by atoms with van der Waals surface area (Å²) in [4.78, 5) is 0. The van der Waals surface area contributed by atoms with E-state index in [1.165, 1.54) is 25.7 Å². The van der Waals surface area contributed by atoms with Gasteiger partial charge in [0.2, 0.25) is 0 Å². The molecule has 1 nitrogen and oxygen atoms in total. The molecule has 0 aromatic rings. The first-order chi connectivity index (χ1) is 5.25. The summed E-state index contributed by atoms with van der Waals surface area (Å²) in [5.41, 5.74) is 0. The molecular weight excluding hydrogens is 134 g/mol. The summed E-state index contributed by atoms with van der Waals surface area (Å²) in [6.07, 6.45) is 5.86. The molecule has 1 heteroatoms. The molecule has 1 aliphatic carbocycles. The Balaban J connectivity index is 2.32. The molecule has 1 fully saturated rings. The maximum atomic E-state index is 3.34. The monoisotopic (exact) mass is 155 g/mol. The van der Waals surface area contributed by atoms with E-state index in [2.05, 4.69) is 26.2 Å². The zero-order chi connectivity index (χ0) is 8.27. The van der Waals surface area contributed by atoms with Gasteiger partial charge in [-0.3, -0.25) is 0 Å². The lowest BCUT2D eigenvalue weighted by molar-refractivity contribution is 0.295. The minimum atomic E-state index is 0.693. The third-order valence-corrected chi connectivity index (χ3v) is 3.39. The summed E-state index contributed by atoms with van der Waals surface area (Å²) in [6, 6.07) is 0.693. The van der Waals surface area contributed by atoms with Crippen LogP contribution >= 0.6 is 0 Å². The molecule has 0 aromatic carbocycles. The van der Waals surface area contributed by atoms with Crippen LogP contribution in [-0.4, -0.2) is 13.1 Å². The Kier molecular flexibility index (Phi) is 3.38. The Hall–Kier alpha value is -0.0400. The zero-order valence-corrected chi connectivity index (χ0v) is 8.06. The smallest absolute Gasteiger partial charge is 0.00640 e. The fourth-order valence-corrected chi connectivity index (χ4v) is 2.15. The molecule has 0 radical (unpaired) electrons. The van der Waals surface area contributed by atoms with Crippen molar-refractivity contribution in [2.75, 3.05) is 7.05 Å². The first-order valence-electron chi connectivity index (χ1n) is 4.93. The van der Waals surface area contributed by atoms with E-state index in [4.69, 9.17) is 0 Å². The van der Waals surface area contributed by atoms with Crippen LogP contribution in [0.4, 0.5) is 0 Å². The predicted octanol–water partition coefficient (Wildman–Crippen LogP) is 2.42. The molecule has 0 aliphatic heterocycles. The summed E-state index contributed by atoms with van der Waals surface area (Å²) in [5, 5.41) is 3.34. The molecule has 1 rings (SSSR count). The van der Waals surface area contributed by atoms with E-state index in [0.29, 0.717) is 6.04 Å². The van der Waals surface area contributed by atoms with E-state index in [1.807, 2.05) is 0 Å². The van der Waals surface area contributed by atoms with Crippen molar-refractivity contribution >= 4 is 0 Å². The van der Waals surface area contributed by atoms with Gasteiger partial charge in [-0.15, -0.1) is 0 Å². The molecule has 0 aromatic heterocycles. The fraction of sp³-hybridized carbons (Fsp3) is 1.00. The highest BCUT2D eigenvalue weighted by Crippen LogP contribution is 2.32. The zero-order valence-electron chi connectivity index (χ0n) is 8.06. The van der Waals surface area contributed by atoms with Crippen LogP contribution < -0.4 is 5.32 Å². The summed E-state index contributed by atoms with van der Waals surface area (Å²) in [5.74, 6) is 1.86. The van der Waals surface area contributed by atoms with Gasteiger partial charge in [0.1, 0.15) is 0 Å². The number of rotatable bonds is 3. The highest BCUT2D eigenvalue weighted by Gasteiger charge is 2.24. The second kappa shape index (κ2) is 4.10. The Morgan fingerprint density at radius 3 is 2.18 bits per heavy atom. The molecule has 1 aliphatic rings. The summed E-state index contributed by atoms with van der Waals surface area (Å²) in [7, 11) is 2.07. The lowest BCUT2D eigenvalue weighted by Gasteiger charge is -2.25. The van der Waals surface area contributed by atoms with Gasteiger partial charge < -0.3 is 5.32 Å². The van der Waals surface area contributed by atoms with Crippen LogP contribution in [0.25, 0.3) is 0 Å². The average molecular weight is 155 g/mol. The van der Waals surface area contributed by atoms with E-state index >= 15 is 0 Å². The molecule has 0 bridgehead atoms. The van der Waals surface area contributed by atoms with Gasteiger partial charge in [-0.2, -0.15) is 0 Å². The van der Waals surface area contributed by atoms with Crippen molar-refractivity contribution in [3.8, 4) is 0 Å². The Bertz CT molecular complexity index is 105. The highest BCUT2D eigenvalue weighted by atomic mass is 14.9. The molecule has 11 heavy (non-hydrogen) atoms. The first kappa shape index (κ1) is 9.05. The van der Waals surface area contributed by atoms with Crippen LogP contribution in [0.3, 0.4) is 0 Å². The first-order valence-corrected chi connectivity index (χ1v) is 4.93. The maximum Gasteiger partial charge on any atom is 0.00640 e. The standard InChI is InChI=1S/C10H21N/c1-8(9(2)11-3)10-6-4-5-7-10/h8-11H,4-7H2,1-3H3/t8?,9-/m1/s1. The molecule has 0 saturated heterocycles. The third kappa shape index (κ3) is 2.19. The predicted molar refractivity (Wildman–Crippen MR) is 49.6 cm³/mol. The van der Waals surface area contributed by atoms with Crippen LogP contribution in [0.5, 0.6) is 0 Å². The molecule has 0 amide bonds. The molecule has 0 heterocycles. The van der Waals surface area contributed by atoms with Crippen LogP contribution in [0.2, 0.25) is 0 Å². The molecule has 66 valence electrons. The van der Waals surface area contributed by atoms with E-state index in [9.17, 15) is 0 Å². The van der Waals surface area contributed by atoms with Crippen molar-refractivity contribution in [1.29, 1.82) is 0 Å². The van der Waals surface area contributed by atoms with Crippen LogP contribution in [0.1, 0.15) is 39.5 Å². The lowest BCUT2D eigenvalue weighted by atomic mass is 9.87. The van der Waals surface area contributed by atoms with Crippen LogP contribution in [-0.2, 0) is 0 Å². The summed E-state index contributed by atoms with van der Waals surface area (Å²) in [6.45, 7) is 4.68. The van der Waals surface area contributed by atoms with Gasteiger partial charge >= 0.3 is 0 Å². The van der Waals surface area contributed by atoms with Gasteiger partial charge in [0, 0.05) is 6.04 Å². The largest absolute Gasteiger partial charge is 0.317 e. The van der Waals surface area contributed by atoms with Crippen molar-refractivity contribution in [3.05, 3.63) is 0 Å². The minimum absolute atomic E-state index is 0.693. The number of hydrogen-bond acceptors (Lipinski definition) is 1. The topological polar surface area (TPSA) is 12.0 Å². The van der Waals surface area contributed by atoms with Crippen molar-refractivity contribution in [3.63, 3.8) is 0 Å². The minimum Gasteiger partial charge on any atom is -0.317 e. The molecule has 0 spiro atoms. The average Bonchev–Trinajstić information content (AvgIpc) is 2.53. The van der Waals surface area contributed by atoms with E-state index < -0.39 is 0 Å². The molecule has 2 atom stereocenters. The van der Waals surface area contributed by atoms with Crippen molar-refractivity contribution in [2.24, 2.45) is 11.8 Å². The highest BCUT2D eigenvalue weighted by molar-refractivity contribution is 4.78. The van der Waals surface area contributed by atoms with E-state index in [-0.39, 0.29) is 0 Å². The third-order valence-electron chi connectivity index (χ3n) is 3.39. The van der Waals surface area contributed by atoms with Gasteiger partial charge in [-0.25, -0.2) is 0 Å². The van der Waals surface area contributed by atoms with E-state index in [1.54, 1.807) is 0 Å². The van der Waals surface area contributed by atoms with Crippen molar-refractivity contribution in [2.45, 2.75) is 45.6 Å². The van der Waals surface area contributed by atoms with E-state index in [0.717, 1.165) is 11.8 Å².